The number of nitrogens with one attached hydrogen (secondary N) is 2. The van der Waals surface area contributed by atoms with Crippen LogP contribution in [0.15, 0.2) is 0 Å². The maximum absolute atomic E-state index is 11.9. The number of likely N-dealkylation sites (tertiary alicyclic amines) is 1. The highest BCUT2D eigenvalue weighted by Crippen LogP contribution is 2.19. The fourth-order valence-electron chi connectivity index (χ4n) is 2.35. The Kier molecular flexibility index (Phi) is 5.00. The van der Waals surface area contributed by atoms with Crippen LogP contribution >= 0.6 is 0 Å². The second kappa shape index (κ2) is 6.75. The lowest BCUT2D eigenvalue weighted by atomic mass is 10.2. The molecule has 0 bridgehead atoms. The van der Waals surface area contributed by atoms with Gasteiger partial charge in [-0.15, -0.1) is 0 Å². The van der Waals surface area contributed by atoms with Crippen LogP contribution in [0, 0.1) is 0 Å². The molecule has 2 atom stereocenters. The van der Waals surface area contributed by atoms with Crippen LogP contribution < -0.4 is 10.6 Å². The highest BCUT2D eigenvalue weighted by atomic mass is 16.4. The first-order valence-corrected chi connectivity index (χ1v) is 7.22. The van der Waals surface area contributed by atoms with Gasteiger partial charge in [0.05, 0.1) is 6.10 Å². The Bertz CT molecular complexity index is 424. The first kappa shape index (κ1) is 15.6. The lowest BCUT2D eigenvalue weighted by molar-refractivity contribution is -0.141. The van der Waals surface area contributed by atoms with Crippen LogP contribution in [0.25, 0.3) is 0 Å². The molecular weight excluding hydrogens is 278 g/mol. The maximum atomic E-state index is 11.9. The fourth-order valence-corrected chi connectivity index (χ4v) is 2.35. The van der Waals surface area contributed by atoms with Crippen LogP contribution in [0.3, 0.4) is 0 Å². The summed E-state index contributed by atoms with van der Waals surface area (Å²) in [6.07, 6.45) is 2.15. The van der Waals surface area contributed by atoms with Gasteiger partial charge in [-0.1, -0.05) is 0 Å². The van der Waals surface area contributed by atoms with E-state index >= 15 is 0 Å². The van der Waals surface area contributed by atoms with Crippen molar-refractivity contribution < 1.29 is 24.6 Å². The van der Waals surface area contributed by atoms with Gasteiger partial charge in [-0.2, -0.15) is 0 Å². The summed E-state index contributed by atoms with van der Waals surface area (Å²) in [4.78, 5) is 35.4. The zero-order valence-electron chi connectivity index (χ0n) is 11.7. The lowest BCUT2D eigenvalue weighted by Crippen LogP contribution is -2.46. The summed E-state index contributed by atoms with van der Waals surface area (Å²) in [6, 6.07) is -1.17. The van der Waals surface area contributed by atoms with E-state index in [1.807, 2.05) is 0 Å². The highest BCUT2D eigenvalue weighted by Gasteiger charge is 2.38. The molecule has 2 rings (SSSR count). The Hall–Kier alpha value is -1.83. The topological polar surface area (TPSA) is 119 Å². The van der Waals surface area contributed by atoms with E-state index in [4.69, 9.17) is 5.11 Å². The van der Waals surface area contributed by atoms with Gasteiger partial charge in [0.25, 0.3) is 0 Å². The molecule has 0 unspecified atom stereocenters. The third-order valence-corrected chi connectivity index (χ3v) is 3.62. The number of carbonyl (C=O) groups is 3. The molecule has 8 heteroatoms. The number of nitrogens with zero attached hydrogens (tertiary/aromatic N) is 1. The Morgan fingerprint density at radius 2 is 1.95 bits per heavy atom. The Morgan fingerprint density at radius 1 is 1.24 bits per heavy atom. The summed E-state index contributed by atoms with van der Waals surface area (Å²) in [6.45, 7) is 0.320. The average molecular weight is 299 g/mol. The van der Waals surface area contributed by atoms with E-state index in [9.17, 15) is 19.5 Å². The standard InChI is InChI=1S/C13H21N3O5/c17-9-6-10(12(19)20)16(7-9)13(21)14-5-1-2-11(18)15-8-3-4-8/h8-10,17H,1-7H2,(H,14,21)(H,15,18)(H,19,20)/t9-,10+/m1/s1. The first-order chi connectivity index (χ1) is 9.97. The maximum Gasteiger partial charge on any atom is 0.326 e. The molecule has 8 nitrogen and oxygen atoms in total. The first-order valence-electron chi connectivity index (χ1n) is 7.22. The Morgan fingerprint density at radius 3 is 2.57 bits per heavy atom. The largest absolute Gasteiger partial charge is 0.480 e. The summed E-state index contributed by atoms with van der Waals surface area (Å²) in [5.41, 5.74) is 0. The number of carboxylic acids is 1. The zero-order valence-corrected chi connectivity index (χ0v) is 11.7. The van der Waals surface area contributed by atoms with E-state index in [1.54, 1.807) is 0 Å². The molecule has 2 fully saturated rings. The molecular formula is C13H21N3O5. The predicted octanol–water partition coefficient (Wildman–Crippen LogP) is -0.725. The third kappa shape index (κ3) is 4.59. The van der Waals surface area contributed by atoms with Crippen LogP contribution in [0.2, 0.25) is 0 Å². The van der Waals surface area contributed by atoms with Gasteiger partial charge < -0.3 is 25.7 Å². The van der Waals surface area contributed by atoms with E-state index in [-0.39, 0.29) is 18.9 Å². The van der Waals surface area contributed by atoms with E-state index < -0.39 is 24.1 Å². The highest BCUT2D eigenvalue weighted by molar-refractivity contribution is 5.83. The molecule has 0 aromatic rings. The molecule has 0 aromatic heterocycles. The van der Waals surface area contributed by atoms with Gasteiger partial charge in [0.15, 0.2) is 0 Å². The molecule has 1 aliphatic carbocycles. The molecule has 21 heavy (non-hydrogen) atoms. The number of amides is 3. The summed E-state index contributed by atoms with van der Waals surface area (Å²) in [5, 5.41) is 23.9. The minimum Gasteiger partial charge on any atom is -0.480 e. The normalized spacial score (nSPS) is 24.7. The van der Waals surface area contributed by atoms with Crippen LogP contribution in [-0.2, 0) is 9.59 Å². The number of urea groups is 1. The molecule has 0 aromatic carbocycles. The van der Waals surface area contributed by atoms with Gasteiger partial charge in [0.2, 0.25) is 5.91 Å². The fraction of sp³-hybridized carbons (Fsp3) is 0.769. The second-order valence-corrected chi connectivity index (χ2v) is 5.57. The van der Waals surface area contributed by atoms with Crippen molar-refractivity contribution in [2.45, 2.75) is 50.3 Å². The monoisotopic (exact) mass is 299 g/mol. The molecule has 1 aliphatic heterocycles. The summed E-state index contributed by atoms with van der Waals surface area (Å²) < 4.78 is 0. The minimum absolute atomic E-state index is 0.0188. The van der Waals surface area contributed by atoms with E-state index in [0.717, 1.165) is 17.7 Å². The number of aliphatic hydroxyl groups is 1. The second-order valence-electron chi connectivity index (χ2n) is 5.57. The summed E-state index contributed by atoms with van der Waals surface area (Å²) in [7, 11) is 0. The van der Waals surface area contributed by atoms with Gasteiger partial charge in [-0.25, -0.2) is 9.59 Å². The predicted molar refractivity (Wildman–Crippen MR) is 72.6 cm³/mol. The van der Waals surface area contributed by atoms with Crippen LogP contribution in [0.1, 0.15) is 32.1 Å². The van der Waals surface area contributed by atoms with E-state index in [1.165, 1.54) is 0 Å². The number of rotatable bonds is 6. The Labute approximate surface area is 122 Å². The minimum atomic E-state index is -1.12. The van der Waals surface area contributed by atoms with Gasteiger partial charge in [-0.05, 0) is 19.3 Å². The van der Waals surface area contributed by atoms with Crippen molar-refractivity contribution in [2.24, 2.45) is 0 Å². The molecule has 1 saturated carbocycles. The van der Waals surface area contributed by atoms with Gasteiger partial charge >= 0.3 is 12.0 Å². The van der Waals surface area contributed by atoms with Crippen molar-refractivity contribution in [1.29, 1.82) is 0 Å². The number of β-amino-alcohol motifs (C(OH)–C–C–N with tert-alkyl or cyclic N) is 1. The number of aliphatic carboxylic acids is 1. The van der Waals surface area contributed by atoms with Crippen molar-refractivity contribution in [3.05, 3.63) is 0 Å². The molecule has 4 N–H and O–H groups in total. The Balaban J connectivity index is 1.66. The lowest BCUT2D eigenvalue weighted by Gasteiger charge is -2.21. The van der Waals surface area contributed by atoms with Crippen LogP contribution in [-0.4, -0.2) is 64.3 Å². The molecule has 1 saturated heterocycles. The average Bonchev–Trinajstić information content (AvgIpc) is 3.13. The van der Waals surface area contributed by atoms with Crippen molar-refractivity contribution in [1.82, 2.24) is 15.5 Å². The molecule has 3 amide bonds. The van der Waals surface area contributed by atoms with Crippen LogP contribution in [0.4, 0.5) is 4.79 Å². The third-order valence-electron chi connectivity index (χ3n) is 3.62. The summed E-state index contributed by atoms with van der Waals surface area (Å²) in [5.74, 6) is -1.14. The molecule has 0 spiro atoms. The van der Waals surface area contributed by atoms with Crippen molar-refractivity contribution in [2.75, 3.05) is 13.1 Å². The van der Waals surface area contributed by atoms with E-state index in [2.05, 4.69) is 10.6 Å². The number of carboxylic acid groups (broad SMARTS) is 1. The SMILES string of the molecule is O=C(CCCNC(=O)N1C[C@H](O)C[C@H]1C(=O)O)NC1CC1. The zero-order chi connectivity index (χ0) is 15.4. The summed E-state index contributed by atoms with van der Waals surface area (Å²) >= 11 is 0. The van der Waals surface area contributed by atoms with Crippen LogP contribution in [0.5, 0.6) is 0 Å². The number of hydrogen-bond donors (Lipinski definition) is 4. The van der Waals surface area contributed by atoms with Crippen molar-refractivity contribution in [3.8, 4) is 0 Å². The number of aliphatic hydroxyl groups excluding tert-OH is 1. The van der Waals surface area contributed by atoms with Gasteiger partial charge in [0.1, 0.15) is 6.04 Å². The van der Waals surface area contributed by atoms with E-state index in [0.29, 0.717) is 25.4 Å². The quantitative estimate of drug-likeness (QED) is 0.482. The number of carbonyl (C=O) groups excluding carboxylic acids is 2. The molecule has 118 valence electrons. The molecule has 1 heterocycles. The molecule has 2 aliphatic rings. The smallest absolute Gasteiger partial charge is 0.326 e. The van der Waals surface area contributed by atoms with Gasteiger partial charge in [0, 0.05) is 32.0 Å². The van der Waals surface area contributed by atoms with Gasteiger partial charge in [-0.3, -0.25) is 4.79 Å². The van der Waals surface area contributed by atoms with Crippen molar-refractivity contribution >= 4 is 17.9 Å². The van der Waals surface area contributed by atoms with Crippen molar-refractivity contribution in [3.63, 3.8) is 0 Å². The molecule has 0 radical (unpaired) electrons. The number of hydrogen-bond acceptors (Lipinski definition) is 4.